The van der Waals surface area contributed by atoms with Gasteiger partial charge in [0.1, 0.15) is 5.82 Å². The zero-order valence-corrected chi connectivity index (χ0v) is 11.3. The van der Waals surface area contributed by atoms with E-state index in [4.69, 9.17) is 11.6 Å². The molecule has 0 radical (unpaired) electrons. The summed E-state index contributed by atoms with van der Waals surface area (Å²) in [4.78, 5) is 19.9. The highest BCUT2D eigenvalue weighted by molar-refractivity contribution is 6.28. The number of piperidine rings is 1. The van der Waals surface area contributed by atoms with Crippen molar-refractivity contribution in [3.05, 3.63) is 17.5 Å². The van der Waals surface area contributed by atoms with E-state index < -0.39 is 0 Å². The molecule has 0 saturated carbocycles. The average molecular weight is 269 g/mol. The number of hydrogen-bond acceptors (Lipinski definition) is 4. The van der Waals surface area contributed by atoms with Gasteiger partial charge >= 0.3 is 0 Å². The third-order valence-corrected chi connectivity index (χ3v) is 3.45. The van der Waals surface area contributed by atoms with E-state index in [1.54, 1.807) is 6.07 Å². The molecule has 0 aromatic carbocycles. The molecule has 2 heterocycles. The van der Waals surface area contributed by atoms with Crippen LogP contribution in [0.25, 0.3) is 0 Å². The Kier molecular flexibility index (Phi) is 3.82. The minimum Gasteiger partial charge on any atom is -0.309 e. The van der Waals surface area contributed by atoms with Gasteiger partial charge in [-0.25, -0.2) is 9.97 Å². The highest BCUT2D eigenvalue weighted by Gasteiger charge is 2.37. The maximum atomic E-state index is 12.2. The van der Waals surface area contributed by atoms with Gasteiger partial charge in [-0.3, -0.25) is 4.79 Å². The maximum Gasteiger partial charge on any atom is 0.243 e. The monoisotopic (exact) mass is 268 g/mol. The number of anilines is 1. The zero-order valence-electron chi connectivity index (χ0n) is 10.5. The van der Waals surface area contributed by atoms with E-state index in [0.29, 0.717) is 5.82 Å². The van der Waals surface area contributed by atoms with Crippen LogP contribution in [0, 0.1) is 5.41 Å². The molecule has 2 N–H and O–H groups in total. The summed E-state index contributed by atoms with van der Waals surface area (Å²) in [7, 11) is 0. The number of nitrogens with zero attached hydrogens (tertiary/aromatic N) is 2. The van der Waals surface area contributed by atoms with Gasteiger partial charge in [0.25, 0.3) is 0 Å². The number of rotatable bonds is 2. The summed E-state index contributed by atoms with van der Waals surface area (Å²) in [6, 6.07) is 1.42. The molecule has 2 rings (SSSR count). The van der Waals surface area contributed by atoms with E-state index in [0.717, 1.165) is 19.4 Å². The van der Waals surface area contributed by atoms with Crippen LogP contribution in [0.1, 0.15) is 26.7 Å². The van der Waals surface area contributed by atoms with Gasteiger partial charge in [-0.15, -0.1) is 0 Å². The van der Waals surface area contributed by atoms with Crippen LogP contribution in [0.5, 0.6) is 0 Å². The summed E-state index contributed by atoms with van der Waals surface area (Å²) in [6.07, 6.45) is 3.64. The fourth-order valence-corrected chi connectivity index (χ4v) is 2.41. The van der Waals surface area contributed by atoms with Crippen LogP contribution in [-0.2, 0) is 4.79 Å². The molecule has 5 nitrogen and oxygen atoms in total. The molecule has 1 fully saturated rings. The van der Waals surface area contributed by atoms with E-state index >= 15 is 0 Å². The van der Waals surface area contributed by atoms with Crippen molar-refractivity contribution >= 4 is 23.3 Å². The third kappa shape index (κ3) is 2.97. The first-order valence-corrected chi connectivity index (χ1v) is 6.40. The number of carbonyl (C=O) groups is 1. The summed E-state index contributed by atoms with van der Waals surface area (Å²) in [6.45, 7) is 5.05. The van der Waals surface area contributed by atoms with E-state index in [2.05, 4.69) is 34.4 Å². The van der Waals surface area contributed by atoms with Gasteiger partial charge < -0.3 is 10.6 Å². The van der Waals surface area contributed by atoms with Crippen molar-refractivity contribution in [3.63, 3.8) is 0 Å². The number of aromatic nitrogens is 2. The first kappa shape index (κ1) is 13.2. The van der Waals surface area contributed by atoms with Crippen LogP contribution in [0.4, 0.5) is 5.82 Å². The highest BCUT2D eigenvalue weighted by Crippen LogP contribution is 2.30. The van der Waals surface area contributed by atoms with Crippen molar-refractivity contribution in [3.8, 4) is 0 Å². The molecule has 1 aromatic rings. The summed E-state index contributed by atoms with van der Waals surface area (Å²) in [5, 5.41) is 6.16. The molecule has 0 spiro atoms. The first-order valence-electron chi connectivity index (χ1n) is 6.02. The van der Waals surface area contributed by atoms with Crippen LogP contribution in [0.15, 0.2) is 12.3 Å². The predicted molar refractivity (Wildman–Crippen MR) is 70.5 cm³/mol. The zero-order chi connectivity index (χ0) is 13.2. The van der Waals surface area contributed by atoms with E-state index in [1.165, 1.54) is 6.20 Å². The molecule has 0 aliphatic carbocycles. The Balaban J connectivity index is 2.07. The largest absolute Gasteiger partial charge is 0.309 e. The number of halogens is 1. The molecule has 1 atom stereocenters. The highest BCUT2D eigenvalue weighted by atomic mass is 35.5. The summed E-state index contributed by atoms with van der Waals surface area (Å²) in [5.74, 6) is 0.359. The lowest BCUT2D eigenvalue weighted by atomic mass is 9.77. The van der Waals surface area contributed by atoms with Crippen molar-refractivity contribution in [2.24, 2.45) is 5.41 Å². The third-order valence-electron chi connectivity index (χ3n) is 3.27. The minimum atomic E-state index is -0.208. The fourth-order valence-electron chi connectivity index (χ4n) is 2.26. The average Bonchev–Trinajstić information content (AvgIpc) is 2.28. The molecule has 1 amide bonds. The standard InChI is InChI=1S/C12H17ClN4O/c1-12(2)5-3-6-14-9(12)10(18)16-8-4-7-15-11(13)17-8/h4,7,9,14H,3,5-6H2,1-2H3,(H,15,16,17,18). The lowest BCUT2D eigenvalue weighted by Crippen LogP contribution is -2.53. The first-order chi connectivity index (χ1) is 8.49. The van der Waals surface area contributed by atoms with Crippen LogP contribution < -0.4 is 10.6 Å². The van der Waals surface area contributed by atoms with E-state index in [-0.39, 0.29) is 22.6 Å². The van der Waals surface area contributed by atoms with Gasteiger partial charge in [0.2, 0.25) is 11.2 Å². The molecule has 1 aliphatic heterocycles. The van der Waals surface area contributed by atoms with Gasteiger partial charge in [-0.1, -0.05) is 13.8 Å². The Morgan fingerprint density at radius 1 is 1.61 bits per heavy atom. The van der Waals surface area contributed by atoms with Crippen LogP contribution >= 0.6 is 11.6 Å². The van der Waals surface area contributed by atoms with Gasteiger partial charge in [-0.2, -0.15) is 0 Å². The molecular formula is C12H17ClN4O. The molecule has 6 heteroatoms. The van der Waals surface area contributed by atoms with Crippen molar-refractivity contribution in [2.45, 2.75) is 32.7 Å². The van der Waals surface area contributed by atoms with Gasteiger partial charge in [0.15, 0.2) is 0 Å². The number of nitrogens with one attached hydrogen (secondary N) is 2. The molecule has 98 valence electrons. The summed E-state index contributed by atoms with van der Waals surface area (Å²) >= 11 is 5.68. The van der Waals surface area contributed by atoms with E-state index in [9.17, 15) is 4.79 Å². The van der Waals surface area contributed by atoms with Crippen molar-refractivity contribution in [1.29, 1.82) is 0 Å². The topological polar surface area (TPSA) is 66.9 Å². The second-order valence-electron chi connectivity index (χ2n) is 5.18. The Morgan fingerprint density at radius 2 is 2.39 bits per heavy atom. The van der Waals surface area contributed by atoms with Gasteiger partial charge in [0, 0.05) is 6.20 Å². The molecule has 1 unspecified atom stereocenters. The maximum absolute atomic E-state index is 12.2. The van der Waals surface area contributed by atoms with Crippen molar-refractivity contribution < 1.29 is 4.79 Å². The van der Waals surface area contributed by atoms with Gasteiger partial charge in [0.05, 0.1) is 6.04 Å². The van der Waals surface area contributed by atoms with E-state index in [1.807, 2.05) is 0 Å². The normalized spacial score (nSPS) is 22.5. The Hall–Kier alpha value is -1.20. The lowest BCUT2D eigenvalue weighted by molar-refractivity contribution is -0.121. The van der Waals surface area contributed by atoms with Crippen LogP contribution in [-0.4, -0.2) is 28.5 Å². The second kappa shape index (κ2) is 5.20. The summed E-state index contributed by atoms with van der Waals surface area (Å²) < 4.78 is 0. The number of hydrogen-bond donors (Lipinski definition) is 2. The Labute approximate surface area is 111 Å². The second-order valence-corrected chi connectivity index (χ2v) is 5.52. The Morgan fingerprint density at radius 3 is 3.06 bits per heavy atom. The quantitative estimate of drug-likeness (QED) is 0.804. The summed E-state index contributed by atoms with van der Waals surface area (Å²) in [5.41, 5.74) is -0.0564. The van der Waals surface area contributed by atoms with Crippen molar-refractivity contribution in [1.82, 2.24) is 15.3 Å². The minimum absolute atomic E-state index is 0.0564. The SMILES string of the molecule is CC1(C)CCCNC1C(=O)Nc1ccnc(Cl)n1. The van der Waals surface area contributed by atoms with Crippen LogP contribution in [0.3, 0.4) is 0 Å². The molecule has 1 aliphatic rings. The van der Waals surface area contributed by atoms with Crippen LogP contribution in [0.2, 0.25) is 5.28 Å². The Bertz CT molecular complexity index is 449. The lowest BCUT2D eigenvalue weighted by Gasteiger charge is -2.38. The molecule has 18 heavy (non-hydrogen) atoms. The predicted octanol–water partition coefficient (Wildman–Crippen LogP) is 1.85. The molecule has 1 aromatic heterocycles. The molecule has 1 saturated heterocycles. The number of amides is 1. The fraction of sp³-hybridized carbons (Fsp3) is 0.583. The van der Waals surface area contributed by atoms with Gasteiger partial charge in [-0.05, 0) is 42.5 Å². The molecule has 0 bridgehead atoms. The van der Waals surface area contributed by atoms with Crippen molar-refractivity contribution in [2.75, 3.05) is 11.9 Å². The number of carbonyl (C=O) groups excluding carboxylic acids is 1. The smallest absolute Gasteiger partial charge is 0.243 e. The molecular weight excluding hydrogens is 252 g/mol.